The van der Waals surface area contributed by atoms with Crippen molar-refractivity contribution in [3.05, 3.63) is 41.7 Å². The van der Waals surface area contributed by atoms with E-state index in [2.05, 4.69) is 10.3 Å². The number of para-hydroxylation sites is 1. The van der Waals surface area contributed by atoms with Gasteiger partial charge in [0.1, 0.15) is 0 Å². The van der Waals surface area contributed by atoms with E-state index in [-0.39, 0.29) is 41.7 Å². The Bertz CT molecular complexity index is 779. The SMILES string of the molecule is CC1CC(CN)CN1C(=O)c1cn(-c2ccccc2C(F)(F)F)nn1.Cl. The summed E-state index contributed by atoms with van der Waals surface area (Å²) in [4.78, 5) is 14.2. The van der Waals surface area contributed by atoms with E-state index in [0.717, 1.165) is 17.2 Å². The van der Waals surface area contributed by atoms with Crippen LogP contribution in [0.5, 0.6) is 0 Å². The van der Waals surface area contributed by atoms with Crippen LogP contribution in [0.1, 0.15) is 29.4 Å². The van der Waals surface area contributed by atoms with E-state index in [1.54, 1.807) is 4.90 Å². The summed E-state index contributed by atoms with van der Waals surface area (Å²) in [5, 5.41) is 7.48. The molecule has 2 heterocycles. The van der Waals surface area contributed by atoms with Crippen molar-refractivity contribution in [2.24, 2.45) is 11.7 Å². The topological polar surface area (TPSA) is 77.0 Å². The van der Waals surface area contributed by atoms with Crippen molar-refractivity contribution in [1.82, 2.24) is 19.9 Å². The average molecular weight is 390 g/mol. The number of carbonyl (C=O) groups is 1. The van der Waals surface area contributed by atoms with Gasteiger partial charge in [-0.1, -0.05) is 17.3 Å². The fourth-order valence-corrected chi connectivity index (χ4v) is 3.14. The molecule has 1 aromatic carbocycles. The summed E-state index contributed by atoms with van der Waals surface area (Å²) in [5.41, 5.74) is 4.67. The van der Waals surface area contributed by atoms with Gasteiger partial charge in [0.05, 0.1) is 17.4 Å². The summed E-state index contributed by atoms with van der Waals surface area (Å²) in [5.74, 6) is -0.126. The van der Waals surface area contributed by atoms with Gasteiger partial charge in [0.2, 0.25) is 0 Å². The Kier molecular flexibility index (Phi) is 5.92. The molecule has 1 aromatic heterocycles. The molecule has 6 nitrogen and oxygen atoms in total. The fourth-order valence-electron chi connectivity index (χ4n) is 3.14. The minimum absolute atomic E-state index is 0. The lowest BCUT2D eigenvalue weighted by molar-refractivity contribution is -0.137. The molecule has 0 saturated carbocycles. The van der Waals surface area contributed by atoms with Crippen LogP contribution >= 0.6 is 12.4 Å². The lowest BCUT2D eigenvalue weighted by atomic mass is 10.1. The first-order valence-corrected chi connectivity index (χ1v) is 7.91. The molecule has 1 amide bonds. The summed E-state index contributed by atoms with van der Waals surface area (Å²) >= 11 is 0. The van der Waals surface area contributed by atoms with Crippen molar-refractivity contribution >= 4 is 18.3 Å². The number of benzene rings is 1. The van der Waals surface area contributed by atoms with Gasteiger partial charge in [0.15, 0.2) is 5.69 Å². The summed E-state index contributed by atoms with van der Waals surface area (Å²) in [6.45, 7) is 2.92. The molecule has 26 heavy (non-hydrogen) atoms. The first-order valence-electron chi connectivity index (χ1n) is 7.91. The maximum Gasteiger partial charge on any atom is 0.418 e. The van der Waals surface area contributed by atoms with E-state index in [1.165, 1.54) is 24.4 Å². The van der Waals surface area contributed by atoms with Gasteiger partial charge in [0.25, 0.3) is 5.91 Å². The van der Waals surface area contributed by atoms with E-state index in [0.29, 0.717) is 13.1 Å². The van der Waals surface area contributed by atoms with Gasteiger partial charge in [-0.15, -0.1) is 17.5 Å². The highest BCUT2D eigenvalue weighted by atomic mass is 35.5. The van der Waals surface area contributed by atoms with Crippen LogP contribution in [0.3, 0.4) is 0 Å². The van der Waals surface area contributed by atoms with Gasteiger partial charge in [-0.2, -0.15) is 13.2 Å². The Labute approximate surface area is 154 Å². The number of alkyl halides is 3. The Morgan fingerprint density at radius 2 is 2.04 bits per heavy atom. The normalized spacial score (nSPS) is 20.1. The van der Waals surface area contributed by atoms with E-state index < -0.39 is 11.7 Å². The zero-order chi connectivity index (χ0) is 18.2. The van der Waals surface area contributed by atoms with E-state index in [1.807, 2.05) is 6.92 Å². The van der Waals surface area contributed by atoms with Crippen LogP contribution in [0.25, 0.3) is 5.69 Å². The summed E-state index contributed by atoms with van der Waals surface area (Å²) in [7, 11) is 0. The number of halogens is 4. The highest BCUT2D eigenvalue weighted by molar-refractivity contribution is 5.92. The minimum Gasteiger partial charge on any atom is -0.334 e. The van der Waals surface area contributed by atoms with Gasteiger partial charge in [-0.3, -0.25) is 4.79 Å². The number of nitrogens with zero attached hydrogens (tertiary/aromatic N) is 4. The molecule has 0 radical (unpaired) electrons. The van der Waals surface area contributed by atoms with Crippen LogP contribution in [0.15, 0.2) is 30.5 Å². The summed E-state index contributed by atoms with van der Waals surface area (Å²) in [6.07, 6.45) is -2.49. The maximum atomic E-state index is 13.1. The molecule has 2 aromatic rings. The lowest BCUT2D eigenvalue weighted by Gasteiger charge is -2.19. The Morgan fingerprint density at radius 3 is 2.65 bits per heavy atom. The van der Waals surface area contributed by atoms with Gasteiger partial charge >= 0.3 is 6.18 Å². The zero-order valence-corrected chi connectivity index (χ0v) is 14.8. The van der Waals surface area contributed by atoms with Crippen molar-refractivity contribution in [2.45, 2.75) is 25.6 Å². The van der Waals surface area contributed by atoms with Crippen LogP contribution in [0, 0.1) is 5.92 Å². The molecule has 1 aliphatic rings. The lowest BCUT2D eigenvalue weighted by Crippen LogP contribution is -2.34. The standard InChI is InChI=1S/C16H18F3N5O.ClH/c1-10-6-11(7-20)8-23(10)15(25)13-9-24(22-21-13)14-5-3-2-4-12(14)16(17,18)19;/h2-5,9-11H,6-8,20H2,1H3;1H. The molecule has 10 heteroatoms. The van der Waals surface area contributed by atoms with E-state index in [4.69, 9.17) is 5.73 Å². The first-order chi connectivity index (χ1) is 11.8. The molecule has 2 N–H and O–H groups in total. The van der Waals surface area contributed by atoms with Crippen LogP contribution in [0.4, 0.5) is 13.2 Å². The van der Waals surface area contributed by atoms with Crippen molar-refractivity contribution in [1.29, 1.82) is 0 Å². The second-order valence-corrected chi connectivity index (χ2v) is 6.21. The third kappa shape index (κ3) is 3.83. The molecule has 1 aliphatic heterocycles. The second kappa shape index (κ2) is 7.63. The molecule has 1 saturated heterocycles. The largest absolute Gasteiger partial charge is 0.418 e. The molecular weight excluding hydrogens is 371 g/mol. The number of nitrogens with two attached hydrogens (primary N) is 1. The van der Waals surface area contributed by atoms with E-state index >= 15 is 0 Å². The zero-order valence-electron chi connectivity index (χ0n) is 14.0. The third-order valence-corrected chi connectivity index (χ3v) is 4.42. The predicted octanol–water partition coefficient (Wildman–Crippen LogP) is 2.52. The second-order valence-electron chi connectivity index (χ2n) is 6.21. The quantitative estimate of drug-likeness (QED) is 0.875. The van der Waals surface area contributed by atoms with Crippen molar-refractivity contribution in [2.75, 3.05) is 13.1 Å². The van der Waals surface area contributed by atoms with Gasteiger partial charge in [-0.25, -0.2) is 4.68 Å². The van der Waals surface area contributed by atoms with Gasteiger partial charge in [0, 0.05) is 12.6 Å². The number of aromatic nitrogens is 3. The number of amides is 1. The first kappa shape index (κ1) is 20.2. The molecule has 2 atom stereocenters. The van der Waals surface area contributed by atoms with Gasteiger partial charge < -0.3 is 10.6 Å². The minimum atomic E-state index is -4.52. The number of hydrogen-bond acceptors (Lipinski definition) is 4. The Hall–Kier alpha value is -2.13. The number of carbonyl (C=O) groups excluding carboxylic acids is 1. The molecule has 0 aliphatic carbocycles. The van der Waals surface area contributed by atoms with E-state index in [9.17, 15) is 18.0 Å². The smallest absolute Gasteiger partial charge is 0.334 e. The number of hydrogen-bond donors (Lipinski definition) is 1. The number of likely N-dealkylation sites (tertiary alicyclic amines) is 1. The van der Waals surface area contributed by atoms with Crippen LogP contribution in [-0.4, -0.2) is 44.9 Å². The monoisotopic (exact) mass is 389 g/mol. The molecule has 3 rings (SSSR count). The maximum absolute atomic E-state index is 13.1. The van der Waals surface area contributed by atoms with Crippen molar-refractivity contribution in [3.8, 4) is 5.69 Å². The number of rotatable bonds is 3. The molecule has 142 valence electrons. The van der Waals surface area contributed by atoms with Crippen molar-refractivity contribution < 1.29 is 18.0 Å². The molecule has 0 spiro atoms. The van der Waals surface area contributed by atoms with Crippen LogP contribution < -0.4 is 5.73 Å². The van der Waals surface area contributed by atoms with Crippen LogP contribution in [0.2, 0.25) is 0 Å². The highest BCUT2D eigenvalue weighted by Gasteiger charge is 2.35. The molecule has 0 bridgehead atoms. The van der Waals surface area contributed by atoms with Crippen molar-refractivity contribution in [3.63, 3.8) is 0 Å². The average Bonchev–Trinajstić information content (AvgIpc) is 3.20. The Morgan fingerprint density at radius 1 is 1.35 bits per heavy atom. The molecule has 1 fully saturated rings. The predicted molar refractivity (Wildman–Crippen MR) is 91.3 cm³/mol. The fraction of sp³-hybridized carbons (Fsp3) is 0.438. The summed E-state index contributed by atoms with van der Waals surface area (Å²) < 4.78 is 40.4. The summed E-state index contributed by atoms with van der Waals surface area (Å²) in [6, 6.07) is 5.03. The third-order valence-electron chi connectivity index (χ3n) is 4.42. The molecular formula is C16H19ClF3N5O. The highest BCUT2D eigenvalue weighted by Crippen LogP contribution is 2.33. The van der Waals surface area contributed by atoms with Gasteiger partial charge in [-0.05, 0) is 37.9 Å². The van der Waals surface area contributed by atoms with Crippen LogP contribution in [-0.2, 0) is 6.18 Å². The molecule has 2 unspecified atom stereocenters. The Balaban J connectivity index is 0.00000243.